The molecule has 8 heteroatoms. The Hall–Kier alpha value is -2.81. The number of aliphatic hydroxyl groups excluding tert-OH is 1. The molecule has 168 valence electrons. The number of Topliss-reactive ketones (excluding diaryl/α,β-unsaturated/α-hetero) is 1. The fourth-order valence-electron chi connectivity index (χ4n) is 3.53. The molecule has 0 unspecified atom stereocenters. The van der Waals surface area contributed by atoms with E-state index in [9.17, 15) is 19.5 Å². The molecule has 2 aliphatic heterocycles. The van der Waals surface area contributed by atoms with Gasteiger partial charge in [-0.2, -0.15) is 0 Å². The first-order chi connectivity index (χ1) is 14.5. The van der Waals surface area contributed by atoms with Crippen LogP contribution in [0.4, 0.5) is 0 Å². The van der Waals surface area contributed by atoms with Crippen LogP contribution in [0.5, 0.6) is 0 Å². The molecule has 0 aromatic rings. The molecule has 0 aliphatic carbocycles. The molecule has 2 fully saturated rings. The highest BCUT2D eigenvalue weighted by molar-refractivity contribution is 6.19. The highest BCUT2D eigenvalue weighted by Gasteiger charge is 2.78. The van der Waals surface area contributed by atoms with Gasteiger partial charge in [0, 0.05) is 13.0 Å². The summed E-state index contributed by atoms with van der Waals surface area (Å²) >= 11 is 0. The van der Waals surface area contributed by atoms with Crippen molar-refractivity contribution in [3.05, 3.63) is 58.7 Å². The van der Waals surface area contributed by atoms with E-state index in [0.717, 1.165) is 11.1 Å². The normalized spacial score (nSPS) is 29.1. The Balaban J connectivity index is 2.09. The van der Waals surface area contributed by atoms with E-state index >= 15 is 0 Å². The lowest BCUT2D eigenvalue weighted by atomic mass is 9.89. The van der Waals surface area contributed by atoms with Crippen LogP contribution in [0.15, 0.2) is 58.7 Å². The van der Waals surface area contributed by atoms with E-state index in [1.807, 2.05) is 19.9 Å². The van der Waals surface area contributed by atoms with Crippen molar-refractivity contribution >= 4 is 17.7 Å². The zero-order valence-electron chi connectivity index (χ0n) is 18.4. The van der Waals surface area contributed by atoms with Gasteiger partial charge in [0.05, 0.1) is 12.7 Å². The van der Waals surface area contributed by atoms with Crippen LogP contribution in [-0.2, 0) is 23.9 Å². The second-order valence-corrected chi connectivity index (χ2v) is 7.63. The van der Waals surface area contributed by atoms with E-state index in [-0.39, 0.29) is 18.6 Å². The highest BCUT2D eigenvalue weighted by atomic mass is 16.7. The zero-order chi connectivity index (χ0) is 23.4. The Kier molecular flexibility index (Phi) is 7.54. The van der Waals surface area contributed by atoms with Crippen LogP contribution in [0.25, 0.3) is 0 Å². The summed E-state index contributed by atoms with van der Waals surface area (Å²) in [5.74, 6) is -1.98. The molecular formula is C23H29NO7. The average Bonchev–Trinajstić information content (AvgIpc) is 3.38. The summed E-state index contributed by atoms with van der Waals surface area (Å²) in [5, 5.41) is 22.3. The van der Waals surface area contributed by atoms with Gasteiger partial charge >= 0.3 is 5.97 Å². The third kappa shape index (κ3) is 4.92. The van der Waals surface area contributed by atoms with Gasteiger partial charge in [-0.05, 0) is 39.3 Å². The minimum absolute atomic E-state index is 0.101. The standard InChI is InChI=1S/C23H29NO7/c1-6-17(19(27)30-5)13-15(3)12-14(2)8-7-9-16(4)18(26)23(29)20-22(31-20,10-11-25)24-21(23)28/h6-9,12-13,20,25,29H,10-11H2,1-5H3,(H,24,28)/b8-7+,14-12+,15-13+,16-9+,17-6+/t20-,22+,23+/m0/s1. The van der Waals surface area contributed by atoms with Crippen LogP contribution >= 0.6 is 0 Å². The zero-order valence-corrected chi connectivity index (χ0v) is 18.4. The maximum absolute atomic E-state index is 12.7. The van der Waals surface area contributed by atoms with Gasteiger partial charge in [0.25, 0.3) is 5.91 Å². The molecule has 0 aromatic carbocycles. The molecule has 0 aromatic heterocycles. The predicted molar refractivity (Wildman–Crippen MR) is 114 cm³/mol. The quantitative estimate of drug-likeness (QED) is 0.166. The molecule has 31 heavy (non-hydrogen) atoms. The number of carbonyl (C=O) groups is 3. The molecule has 2 saturated heterocycles. The number of rotatable bonds is 9. The summed E-state index contributed by atoms with van der Waals surface area (Å²) < 4.78 is 10.0. The molecule has 2 aliphatic rings. The third-order valence-electron chi connectivity index (χ3n) is 5.21. The average molecular weight is 431 g/mol. The largest absolute Gasteiger partial charge is 0.465 e. The Morgan fingerprint density at radius 3 is 2.48 bits per heavy atom. The summed E-state index contributed by atoms with van der Waals surface area (Å²) in [7, 11) is 1.32. The first kappa shape index (κ1) is 24.5. The number of esters is 1. The number of ketones is 1. The number of epoxide rings is 1. The minimum Gasteiger partial charge on any atom is -0.465 e. The monoisotopic (exact) mass is 431 g/mol. The van der Waals surface area contributed by atoms with Crippen LogP contribution in [0.1, 0.15) is 34.1 Å². The van der Waals surface area contributed by atoms with Gasteiger partial charge in [0.1, 0.15) is 0 Å². The Bertz CT molecular complexity index is 924. The molecule has 0 spiro atoms. The van der Waals surface area contributed by atoms with Crippen molar-refractivity contribution in [3.8, 4) is 0 Å². The van der Waals surface area contributed by atoms with Crippen molar-refractivity contribution in [1.29, 1.82) is 0 Å². The number of ether oxygens (including phenoxy) is 2. The first-order valence-electron chi connectivity index (χ1n) is 9.90. The Morgan fingerprint density at radius 2 is 1.90 bits per heavy atom. The van der Waals surface area contributed by atoms with E-state index < -0.39 is 35.1 Å². The fourth-order valence-corrected chi connectivity index (χ4v) is 3.53. The number of nitrogens with one attached hydrogen (secondary N) is 1. The van der Waals surface area contributed by atoms with Gasteiger partial charge in [-0.25, -0.2) is 4.79 Å². The van der Waals surface area contributed by atoms with E-state index in [1.165, 1.54) is 20.1 Å². The van der Waals surface area contributed by atoms with Gasteiger partial charge in [0.15, 0.2) is 11.8 Å². The number of hydrogen-bond acceptors (Lipinski definition) is 7. The number of fused-ring (bicyclic) bond motifs is 1. The van der Waals surface area contributed by atoms with Gasteiger partial charge in [0.2, 0.25) is 11.4 Å². The lowest BCUT2D eigenvalue weighted by Gasteiger charge is -2.19. The van der Waals surface area contributed by atoms with Crippen molar-refractivity contribution in [1.82, 2.24) is 5.32 Å². The summed E-state index contributed by atoms with van der Waals surface area (Å²) in [6.45, 7) is 6.71. The van der Waals surface area contributed by atoms with Gasteiger partial charge < -0.3 is 25.0 Å². The molecule has 3 atom stereocenters. The molecular weight excluding hydrogens is 402 g/mol. The van der Waals surface area contributed by atoms with Crippen molar-refractivity contribution in [3.63, 3.8) is 0 Å². The molecule has 2 heterocycles. The summed E-state index contributed by atoms with van der Waals surface area (Å²) in [4.78, 5) is 36.6. The van der Waals surface area contributed by atoms with Crippen LogP contribution < -0.4 is 5.32 Å². The molecule has 0 bridgehead atoms. The fraction of sp³-hybridized carbons (Fsp3) is 0.435. The van der Waals surface area contributed by atoms with Crippen molar-refractivity contribution in [2.45, 2.75) is 51.5 Å². The summed E-state index contributed by atoms with van der Waals surface area (Å²) in [6, 6.07) is 0. The topological polar surface area (TPSA) is 125 Å². The smallest absolute Gasteiger partial charge is 0.337 e. The number of amides is 1. The third-order valence-corrected chi connectivity index (χ3v) is 5.21. The highest BCUT2D eigenvalue weighted by Crippen LogP contribution is 2.50. The lowest BCUT2D eigenvalue weighted by Crippen LogP contribution is -2.51. The van der Waals surface area contributed by atoms with Gasteiger partial charge in [-0.1, -0.05) is 41.5 Å². The number of allylic oxidation sites excluding steroid dienone is 7. The van der Waals surface area contributed by atoms with Crippen LogP contribution in [-0.4, -0.2) is 59.0 Å². The summed E-state index contributed by atoms with van der Waals surface area (Å²) in [6.07, 6.45) is 9.20. The molecule has 3 N–H and O–H groups in total. The first-order valence-corrected chi connectivity index (χ1v) is 9.90. The number of aliphatic hydroxyl groups is 2. The molecule has 2 rings (SSSR count). The Morgan fingerprint density at radius 1 is 1.23 bits per heavy atom. The van der Waals surface area contributed by atoms with Crippen molar-refractivity contribution in [2.75, 3.05) is 13.7 Å². The lowest BCUT2D eigenvalue weighted by molar-refractivity contribution is -0.151. The maximum Gasteiger partial charge on any atom is 0.337 e. The van der Waals surface area contributed by atoms with Gasteiger partial charge in [-0.15, -0.1) is 0 Å². The van der Waals surface area contributed by atoms with Crippen LogP contribution in [0, 0.1) is 0 Å². The Labute approximate surface area is 181 Å². The van der Waals surface area contributed by atoms with Crippen LogP contribution in [0.2, 0.25) is 0 Å². The number of carbonyl (C=O) groups excluding carboxylic acids is 3. The molecule has 0 radical (unpaired) electrons. The van der Waals surface area contributed by atoms with E-state index in [1.54, 1.807) is 31.2 Å². The number of hydrogen-bond donors (Lipinski definition) is 3. The van der Waals surface area contributed by atoms with E-state index in [4.69, 9.17) is 14.6 Å². The van der Waals surface area contributed by atoms with Crippen LogP contribution in [0.3, 0.4) is 0 Å². The summed E-state index contributed by atoms with van der Waals surface area (Å²) in [5.41, 5.74) is -1.14. The number of methoxy groups -OCH3 is 1. The maximum atomic E-state index is 12.7. The minimum atomic E-state index is -2.30. The van der Waals surface area contributed by atoms with Crippen molar-refractivity contribution in [2.24, 2.45) is 0 Å². The molecule has 1 amide bonds. The van der Waals surface area contributed by atoms with Crippen molar-refractivity contribution < 1.29 is 34.1 Å². The SMILES string of the molecule is C\C=C(/C=C(C)/C=C(C)/C=C/C=C(\C)C(=O)[C@]1(O)C(=O)N[C@]2(CCO)O[C@H]12)C(=O)OC. The van der Waals surface area contributed by atoms with E-state index in [0.29, 0.717) is 5.57 Å². The predicted octanol–water partition coefficient (Wildman–Crippen LogP) is 1.41. The second kappa shape index (κ2) is 9.55. The van der Waals surface area contributed by atoms with E-state index in [2.05, 4.69) is 5.32 Å². The molecule has 8 nitrogen and oxygen atoms in total. The molecule has 0 saturated carbocycles. The van der Waals surface area contributed by atoms with Gasteiger partial charge in [-0.3, -0.25) is 9.59 Å². The second-order valence-electron chi connectivity index (χ2n) is 7.63.